The molecule has 7 nitrogen and oxygen atoms in total. The van der Waals surface area contributed by atoms with Crippen LogP contribution in [0.1, 0.15) is 11.1 Å². The molecule has 0 saturated carbocycles. The van der Waals surface area contributed by atoms with E-state index in [-0.39, 0.29) is 6.42 Å². The SMILES string of the molecule is COc1cc(C#N)ccc1CC(NCC(=O)O)C(=O)O. The molecule has 0 fully saturated rings. The Morgan fingerprint density at radius 2 is 2.15 bits per heavy atom. The van der Waals surface area contributed by atoms with Crippen molar-refractivity contribution < 1.29 is 24.5 Å². The average Bonchev–Trinajstić information content (AvgIpc) is 2.42. The van der Waals surface area contributed by atoms with E-state index in [2.05, 4.69) is 5.32 Å². The summed E-state index contributed by atoms with van der Waals surface area (Å²) < 4.78 is 5.11. The molecule has 1 aromatic carbocycles. The highest BCUT2D eigenvalue weighted by atomic mass is 16.5. The molecule has 0 bridgehead atoms. The van der Waals surface area contributed by atoms with Gasteiger partial charge in [0.2, 0.25) is 0 Å². The van der Waals surface area contributed by atoms with E-state index in [9.17, 15) is 9.59 Å². The summed E-state index contributed by atoms with van der Waals surface area (Å²) in [6.07, 6.45) is 0.0531. The zero-order valence-electron chi connectivity index (χ0n) is 10.8. The van der Waals surface area contributed by atoms with Crippen LogP contribution in [0.4, 0.5) is 0 Å². The van der Waals surface area contributed by atoms with Gasteiger partial charge in [0.05, 0.1) is 25.3 Å². The number of carboxylic acids is 2. The minimum absolute atomic E-state index is 0.0531. The number of hydrogen-bond acceptors (Lipinski definition) is 5. The van der Waals surface area contributed by atoms with Crippen molar-refractivity contribution in [2.24, 2.45) is 0 Å². The van der Waals surface area contributed by atoms with Crippen LogP contribution in [-0.2, 0) is 16.0 Å². The summed E-state index contributed by atoms with van der Waals surface area (Å²) in [5.74, 6) is -1.90. The van der Waals surface area contributed by atoms with E-state index in [1.807, 2.05) is 6.07 Å². The maximum absolute atomic E-state index is 11.1. The van der Waals surface area contributed by atoms with Crippen LogP contribution in [0.3, 0.4) is 0 Å². The monoisotopic (exact) mass is 278 g/mol. The van der Waals surface area contributed by atoms with Crippen molar-refractivity contribution in [1.29, 1.82) is 5.26 Å². The van der Waals surface area contributed by atoms with Crippen molar-refractivity contribution in [2.45, 2.75) is 12.5 Å². The lowest BCUT2D eigenvalue weighted by Gasteiger charge is -2.15. The fourth-order valence-corrected chi connectivity index (χ4v) is 1.66. The van der Waals surface area contributed by atoms with E-state index in [0.717, 1.165) is 0 Å². The highest BCUT2D eigenvalue weighted by Gasteiger charge is 2.20. The van der Waals surface area contributed by atoms with Crippen LogP contribution in [0.25, 0.3) is 0 Å². The second kappa shape index (κ2) is 7.11. The number of nitriles is 1. The molecular weight excluding hydrogens is 264 g/mol. The summed E-state index contributed by atoms with van der Waals surface area (Å²) >= 11 is 0. The van der Waals surface area contributed by atoms with Gasteiger partial charge in [-0.25, -0.2) is 0 Å². The number of ether oxygens (including phenoxy) is 1. The van der Waals surface area contributed by atoms with E-state index in [0.29, 0.717) is 16.9 Å². The molecule has 0 amide bonds. The number of nitrogens with zero attached hydrogens (tertiary/aromatic N) is 1. The molecule has 106 valence electrons. The second-order valence-corrected chi connectivity index (χ2v) is 4.01. The fourth-order valence-electron chi connectivity index (χ4n) is 1.66. The van der Waals surface area contributed by atoms with E-state index in [4.69, 9.17) is 20.2 Å². The molecular formula is C13H14N2O5. The molecule has 0 heterocycles. The van der Waals surface area contributed by atoms with Crippen LogP contribution < -0.4 is 10.1 Å². The fraction of sp³-hybridized carbons (Fsp3) is 0.308. The van der Waals surface area contributed by atoms with E-state index >= 15 is 0 Å². The summed E-state index contributed by atoms with van der Waals surface area (Å²) in [4.78, 5) is 21.6. The molecule has 0 aliphatic rings. The van der Waals surface area contributed by atoms with Gasteiger partial charge in [-0.1, -0.05) is 6.07 Å². The topological polar surface area (TPSA) is 120 Å². The molecule has 7 heteroatoms. The summed E-state index contributed by atoms with van der Waals surface area (Å²) in [5, 5.41) is 28.8. The van der Waals surface area contributed by atoms with Crippen LogP contribution in [0.15, 0.2) is 18.2 Å². The van der Waals surface area contributed by atoms with Crippen molar-refractivity contribution in [3.8, 4) is 11.8 Å². The van der Waals surface area contributed by atoms with Crippen LogP contribution in [0.5, 0.6) is 5.75 Å². The number of carboxylic acid groups (broad SMARTS) is 2. The molecule has 0 saturated heterocycles. The van der Waals surface area contributed by atoms with Crippen molar-refractivity contribution in [2.75, 3.05) is 13.7 Å². The zero-order valence-corrected chi connectivity index (χ0v) is 10.8. The van der Waals surface area contributed by atoms with E-state index in [1.54, 1.807) is 12.1 Å². The number of rotatable bonds is 7. The second-order valence-electron chi connectivity index (χ2n) is 4.01. The minimum atomic E-state index is -1.15. The predicted molar refractivity (Wildman–Crippen MR) is 68.5 cm³/mol. The lowest BCUT2D eigenvalue weighted by atomic mass is 10.0. The number of methoxy groups -OCH3 is 1. The Bertz CT molecular complexity index is 550. The maximum Gasteiger partial charge on any atom is 0.321 e. The van der Waals surface area contributed by atoms with Gasteiger partial charge in [0.1, 0.15) is 11.8 Å². The third kappa shape index (κ3) is 4.26. The Hall–Kier alpha value is -2.59. The number of hydrogen-bond donors (Lipinski definition) is 3. The Morgan fingerprint density at radius 3 is 2.65 bits per heavy atom. The highest BCUT2D eigenvalue weighted by Crippen LogP contribution is 2.21. The van der Waals surface area contributed by atoms with Gasteiger partial charge >= 0.3 is 11.9 Å². The van der Waals surface area contributed by atoms with Crippen LogP contribution in [0.2, 0.25) is 0 Å². The van der Waals surface area contributed by atoms with E-state index in [1.165, 1.54) is 13.2 Å². The van der Waals surface area contributed by atoms with Crippen LogP contribution >= 0.6 is 0 Å². The molecule has 0 aliphatic heterocycles. The van der Waals surface area contributed by atoms with Crippen molar-refractivity contribution in [1.82, 2.24) is 5.32 Å². The zero-order chi connectivity index (χ0) is 15.1. The van der Waals surface area contributed by atoms with Gasteiger partial charge in [-0.2, -0.15) is 5.26 Å². The first kappa shape index (κ1) is 15.5. The number of aliphatic carboxylic acids is 2. The Kier molecular flexibility index (Phi) is 5.50. The molecule has 1 unspecified atom stereocenters. The first-order valence-electron chi connectivity index (χ1n) is 5.73. The standard InChI is InChI=1S/C13H14N2O5/c1-20-11-4-8(6-14)2-3-9(11)5-10(13(18)19)15-7-12(16)17/h2-4,10,15H,5,7H2,1H3,(H,16,17)(H,18,19). The molecule has 0 aliphatic carbocycles. The number of nitrogens with one attached hydrogen (secondary N) is 1. The van der Waals surface area contributed by atoms with Crippen molar-refractivity contribution >= 4 is 11.9 Å². The van der Waals surface area contributed by atoms with E-state index < -0.39 is 24.5 Å². The minimum Gasteiger partial charge on any atom is -0.496 e. The lowest BCUT2D eigenvalue weighted by Crippen LogP contribution is -2.41. The third-order valence-electron chi connectivity index (χ3n) is 2.64. The Balaban J connectivity index is 2.90. The first-order chi connectivity index (χ1) is 9.47. The Morgan fingerprint density at radius 1 is 1.45 bits per heavy atom. The highest BCUT2D eigenvalue weighted by molar-refractivity contribution is 5.76. The van der Waals surface area contributed by atoms with Gasteiger partial charge in [0.15, 0.2) is 0 Å². The predicted octanol–water partition coefficient (Wildman–Crippen LogP) is 0.237. The van der Waals surface area contributed by atoms with Gasteiger partial charge in [-0.3, -0.25) is 14.9 Å². The third-order valence-corrected chi connectivity index (χ3v) is 2.64. The quantitative estimate of drug-likeness (QED) is 0.653. The lowest BCUT2D eigenvalue weighted by molar-refractivity contribution is -0.140. The molecule has 20 heavy (non-hydrogen) atoms. The van der Waals surface area contributed by atoms with Crippen LogP contribution in [0, 0.1) is 11.3 Å². The molecule has 1 aromatic rings. The largest absolute Gasteiger partial charge is 0.496 e. The van der Waals surface area contributed by atoms with Crippen molar-refractivity contribution in [3.63, 3.8) is 0 Å². The molecule has 0 radical (unpaired) electrons. The molecule has 1 rings (SSSR count). The van der Waals surface area contributed by atoms with Gasteiger partial charge in [0, 0.05) is 6.42 Å². The van der Waals surface area contributed by atoms with Gasteiger partial charge in [-0.15, -0.1) is 0 Å². The molecule has 1 atom stereocenters. The first-order valence-corrected chi connectivity index (χ1v) is 5.73. The Labute approximate surface area is 115 Å². The summed E-state index contributed by atoms with van der Waals surface area (Å²) in [7, 11) is 1.42. The molecule has 0 spiro atoms. The van der Waals surface area contributed by atoms with Gasteiger partial charge in [-0.05, 0) is 17.7 Å². The molecule has 3 N–H and O–H groups in total. The number of carbonyl (C=O) groups is 2. The van der Waals surface area contributed by atoms with Crippen LogP contribution in [-0.4, -0.2) is 41.8 Å². The summed E-state index contributed by atoms with van der Waals surface area (Å²) in [6.45, 7) is -0.449. The smallest absolute Gasteiger partial charge is 0.321 e. The molecule has 0 aromatic heterocycles. The summed E-state index contributed by atoms with van der Waals surface area (Å²) in [5.41, 5.74) is 0.979. The summed E-state index contributed by atoms with van der Waals surface area (Å²) in [6, 6.07) is 5.56. The normalized spacial score (nSPS) is 11.4. The van der Waals surface area contributed by atoms with Crippen molar-refractivity contribution in [3.05, 3.63) is 29.3 Å². The van der Waals surface area contributed by atoms with Gasteiger partial charge in [0.25, 0.3) is 0 Å². The maximum atomic E-state index is 11.1. The average molecular weight is 278 g/mol. The number of benzene rings is 1. The van der Waals surface area contributed by atoms with Gasteiger partial charge < -0.3 is 14.9 Å².